The third-order valence-electron chi connectivity index (χ3n) is 2.99. The lowest BCUT2D eigenvalue weighted by atomic mass is 10.1. The van der Waals surface area contributed by atoms with Gasteiger partial charge in [0.2, 0.25) is 0 Å². The highest BCUT2D eigenvalue weighted by atomic mass is 79.9. The van der Waals surface area contributed by atoms with Gasteiger partial charge in [-0.25, -0.2) is 4.39 Å². The topological polar surface area (TPSA) is 38.0 Å². The van der Waals surface area contributed by atoms with Crippen molar-refractivity contribution >= 4 is 27.3 Å². The summed E-state index contributed by atoms with van der Waals surface area (Å²) < 4.78 is 14.5. The third kappa shape index (κ3) is 3.26. The number of aryl methyl sites for hydroxylation is 2. The van der Waals surface area contributed by atoms with E-state index in [1.54, 1.807) is 13.8 Å². The van der Waals surface area contributed by atoms with Gasteiger partial charge in [0.15, 0.2) is 0 Å². The van der Waals surface area contributed by atoms with Crippen LogP contribution >= 0.6 is 15.9 Å². The molecule has 2 rings (SSSR count). The van der Waals surface area contributed by atoms with E-state index >= 15 is 0 Å². The van der Waals surface area contributed by atoms with Gasteiger partial charge in [0, 0.05) is 11.0 Å². The lowest BCUT2D eigenvalue weighted by Gasteiger charge is -2.11. The summed E-state index contributed by atoms with van der Waals surface area (Å²) in [5, 5.41) is 3.27. The summed E-state index contributed by atoms with van der Waals surface area (Å²) in [6.07, 6.45) is 0. The Morgan fingerprint density at radius 3 is 2.42 bits per heavy atom. The van der Waals surface area contributed by atoms with Crippen LogP contribution in [0.4, 0.5) is 15.8 Å². The maximum absolute atomic E-state index is 13.5. The minimum absolute atomic E-state index is 0.134. The summed E-state index contributed by atoms with van der Waals surface area (Å²) in [6, 6.07) is 9.37. The molecule has 4 heteroatoms. The van der Waals surface area contributed by atoms with Gasteiger partial charge in [-0.05, 0) is 48.7 Å². The quantitative estimate of drug-likeness (QED) is 0.822. The molecule has 0 bridgehead atoms. The summed E-state index contributed by atoms with van der Waals surface area (Å²) in [4.78, 5) is 0. The van der Waals surface area contributed by atoms with Crippen LogP contribution in [0.2, 0.25) is 0 Å². The van der Waals surface area contributed by atoms with Crippen molar-refractivity contribution in [3.05, 3.63) is 57.3 Å². The van der Waals surface area contributed by atoms with E-state index in [-0.39, 0.29) is 5.82 Å². The Balaban J connectivity index is 2.17. The smallest absolute Gasteiger partial charge is 0.129 e. The van der Waals surface area contributed by atoms with Crippen LogP contribution in [0.5, 0.6) is 0 Å². The van der Waals surface area contributed by atoms with Crippen molar-refractivity contribution in [2.45, 2.75) is 20.4 Å². The minimum Gasteiger partial charge on any atom is -0.397 e. The number of halogens is 2. The molecule has 0 spiro atoms. The zero-order valence-corrected chi connectivity index (χ0v) is 12.5. The molecule has 0 atom stereocenters. The molecule has 0 aliphatic rings. The third-order valence-corrected chi connectivity index (χ3v) is 3.49. The number of anilines is 2. The van der Waals surface area contributed by atoms with E-state index in [0.717, 1.165) is 15.7 Å². The standard InChI is InChI=1S/C15H16BrFN2/c1-9-5-11(6-10(2)15(9)17)8-19-14-7-12(16)3-4-13(14)18/h3-7,19H,8,18H2,1-2H3. The Hall–Kier alpha value is -1.55. The fraction of sp³-hybridized carbons (Fsp3) is 0.200. The van der Waals surface area contributed by atoms with Gasteiger partial charge in [0.1, 0.15) is 5.82 Å². The summed E-state index contributed by atoms with van der Waals surface area (Å²) in [5.74, 6) is -0.134. The molecule has 0 fully saturated rings. The Labute approximate surface area is 121 Å². The molecular formula is C15H16BrFN2. The van der Waals surface area contributed by atoms with Gasteiger partial charge in [-0.3, -0.25) is 0 Å². The molecule has 0 aliphatic heterocycles. The molecule has 0 amide bonds. The predicted molar refractivity (Wildman–Crippen MR) is 81.8 cm³/mol. The van der Waals surface area contributed by atoms with Crippen molar-refractivity contribution in [2.24, 2.45) is 0 Å². The molecule has 2 aromatic carbocycles. The highest BCUT2D eigenvalue weighted by molar-refractivity contribution is 9.10. The van der Waals surface area contributed by atoms with Crippen LogP contribution in [0.25, 0.3) is 0 Å². The molecule has 0 aliphatic carbocycles. The summed E-state index contributed by atoms with van der Waals surface area (Å²) >= 11 is 3.41. The van der Waals surface area contributed by atoms with E-state index in [1.807, 2.05) is 30.3 Å². The first-order chi connectivity index (χ1) is 8.97. The number of hydrogen-bond donors (Lipinski definition) is 2. The van der Waals surface area contributed by atoms with Crippen LogP contribution < -0.4 is 11.1 Å². The second kappa shape index (κ2) is 5.61. The molecule has 19 heavy (non-hydrogen) atoms. The zero-order chi connectivity index (χ0) is 14.0. The van der Waals surface area contributed by atoms with Crippen LogP contribution in [0, 0.1) is 19.7 Å². The first-order valence-corrected chi connectivity index (χ1v) is 6.81. The second-order valence-corrected chi connectivity index (χ2v) is 5.54. The number of nitrogens with one attached hydrogen (secondary N) is 1. The minimum atomic E-state index is -0.134. The first-order valence-electron chi connectivity index (χ1n) is 6.02. The van der Waals surface area contributed by atoms with E-state index in [1.165, 1.54) is 0 Å². The summed E-state index contributed by atoms with van der Waals surface area (Å²) in [6.45, 7) is 4.17. The molecule has 0 heterocycles. The van der Waals surface area contributed by atoms with Gasteiger partial charge in [0.05, 0.1) is 11.4 Å². The molecular weight excluding hydrogens is 307 g/mol. The molecule has 0 aromatic heterocycles. The van der Waals surface area contributed by atoms with Gasteiger partial charge in [-0.15, -0.1) is 0 Å². The van der Waals surface area contributed by atoms with Gasteiger partial charge in [0.25, 0.3) is 0 Å². The highest BCUT2D eigenvalue weighted by Crippen LogP contribution is 2.24. The van der Waals surface area contributed by atoms with Crippen LogP contribution in [0.15, 0.2) is 34.8 Å². The first kappa shape index (κ1) is 13.9. The van der Waals surface area contributed by atoms with E-state index < -0.39 is 0 Å². The van der Waals surface area contributed by atoms with Crippen molar-refractivity contribution in [3.8, 4) is 0 Å². The number of nitrogens with two attached hydrogens (primary N) is 1. The Morgan fingerprint density at radius 1 is 1.16 bits per heavy atom. The summed E-state index contributed by atoms with van der Waals surface area (Å²) in [5.41, 5.74) is 9.83. The van der Waals surface area contributed by atoms with Gasteiger partial charge in [-0.1, -0.05) is 28.1 Å². The molecule has 0 radical (unpaired) electrons. The molecule has 0 unspecified atom stereocenters. The summed E-state index contributed by atoms with van der Waals surface area (Å²) in [7, 11) is 0. The van der Waals surface area contributed by atoms with Crippen molar-refractivity contribution in [2.75, 3.05) is 11.1 Å². The molecule has 100 valence electrons. The monoisotopic (exact) mass is 322 g/mol. The van der Waals surface area contributed by atoms with Crippen LogP contribution in [0.3, 0.4) is 0 Å². The second-order valence-electron chi connectivity index (χ2n) is 4.63. The van der Waals surface area contributed by atoms with Gasteiger partial charge >= 0.3 is 0 Å². The highest BCUT2D eigenvalue weighted by Gasteiger charge is 2.05. The van der Waals surface area contributed by atoms with Crippen LogP contribution in [0.1, 0.15) is 16.7 Å². The van der Waals surface area contributed by atoms with Crippen LogP contribution in [-0.4, -0.2) is 0 Å². The maximum Gasteiger partial charge on any atom is 0.129 e. The number of nitrogen functional groups attached to an aromatic ring is 1. The fourth-order valence-corrected chi connectivity index (χ4v) is 2.38. The van der Waals surface area contributed by atoms with Crippen LogP contribution in [-0.2, 0) is 6.54 Å². The number of rotatable bonds is 3. The van der Waals surface area contributed by atoms with Crippen molar-refractivity contribution in [1.29, 1.82) is 0 Å². The van der Waals surface area contributed by atoms with Crippen molar-refractivity contribution in [3.63, 3.8) is 0 Å². The van der Waals surface area contributed by atoms with E-state index in [4.69, 9.17) is 5.73 Å². The fourth-order valence-electron chi connectivity index (χ4n) is 2.02. The lowest BCUT2D eigenvalue weighted by molar-refractivity contribution is 0.608. The van der Waals surface area contributed by atoms with Crippen molar-refractivity contribution < 1.29 is 4.39 Å². The van der Waals surface area contributed by atoms with E-state index in [9.17, 15) is 4.39 Å². The average Bonchev–Trinajstić information content (AvgIpc) is 2.37. The van der Waals surface area contributed by atoms with Gasteiger partial charge in [-0.2, -0.15) is 0 Å². The van der Waals surface area contributed by atoms with Crippen molar-refractivity contribution in [1.82, 2.24) is 0 Å². The number of hydrogen-bond acceptors (Lipinski definition) is 2. The normalized spacial score (nSPS) is 10.5. The van der Waals surface area contributed by atoms with E-state index in [0.29, 0.717) is 23.4 Å². The largest absolute Gasteiger partial charge is 0.397 e. The molecule has 0 saturated heterocycles. The molecule has 3 N–H and O–H groups in total. The Bertz CT molecular complexity index is 588. The maximum atomic E-state index is 13.5. The molecule has 0 saturated carbocycles. The SMILES string of the molecule is Cc1cc(CNc2cc(Br)ccc2N)cc(C)c1F. The average molecular weight is 323 g/mol. The Kier molecular flexibility index (Phi) is 4.10. The van der Waals surface area contributed by atoms with Gasteiger partial charge < -0.3 is 11.1 Å². The lowest BCUT2D eigenvalue weighted by Crippen LogP contribution is -2.04. The molecule has 2 nitrogen and oxygen atoms in total. The zero-order valence-electron chi connectivity index (χ0n) is 10.9. The predicted octanol–water partition coefficient (Wildman–Crippen LogP) is 4.40. The molecule has 2 aromatic rings. The van der Waals surface area contributed by atoms with E-state index in [2.05, 4.69) is 21.2 Å². The number of benzene rings is 2. The Morgan fingerprint density at radius 2 is 1.79 bits per heavy atom.